The highest BCUT2D eigenvalue weighted by Gasteiger charge is 2.26. The summed E-state index contributed by atoms with van der Waals surface area (Å²) in [7, 11) is 1.37. The summed E-state index contributed by atoms with van der Waals surface area (Å²) in [5.41, 5.74) is 2.23. The first-order valence-corrected chi connectivity index (χ1v) is 9.36. The van der Waals surface area contributed by atoms with Gasteiger partial charge in [-0.1, -0.05) is 29.8 Å². The van der Waals surface area contributed by atoms with E-state index in [0.29, 0.717) is 22.9 Å². The maximum Gasteiger partial charge on any atom is 0.338 e. The van der Waals surface area contributed by atoms with Crippen LogP contribution in [-0.2, 0) is 16.0 Å². The van der Waals surface area contributed by atoms with Gasteiger partial charge in [-0.3, -0.25) is 4.79 Å². The summed E-state index contributed by atoms with van der Waals surface area (Å²) in [6.45, 7) is 0.652. The SMILES string of the molecule is COC(=O)c1cccc2c1CCCN2C(=O)CSc1ccccc1Cl. The summed E-state index contributed by atoms with van der Waals surface area (Å²) in [5, 5.41) is 0.646. The number of fused-ring (bicyclic) bond motifs is 1. The Morgan fingerprint density at radius 1 is 1.20 bits per heavy atom. The van der Waals surface area contributed by atoms with Crippen molar-refractivity contribution in [2.75, 3.05) is 24.3 Å². The van der Waals surface area contributed by atoms with Crippen molar-refractivity contribution in [3.63, 3.8) is 0 Å². The number of rotatable bonds is 4. The van der Waals surface area contributed by atoms with Crippen molar-refractivity contribution < 1.29 is 14.3 Å². The zero-order valence-electron chi connectivity index (χ0n) is 13.8. The summed E-state index contributed by atoms with van der Waals surface area (Å²) in [6, 6.07) is 12.9. The Balaban J connectivity index is 1.80. The zero-order valence-corrected chi connectivity index (χ0v) is 15.4. The molecule has 1 heterocycles. The molecule has 25 heavy (non-hydrogen) atoms. The molecule has 0 aliphatic carbocycles. The number of hydrogen-bond donors (Lipinski definition) is 0. The Bertz CT molecular complexity index is 809. The number of nitrogens with zero attached hydrogens (tertiary/aromatic N) is 1. The van der Waals surface area contributed by atoms with E-state index in [1.54, 1.807) is 17.0 Å². The number of anilines is 1. The fourth-order valence-electron chi connectivity index (χ4n) is 2.96. The second-order valence-electron chi connectivity index (χ2n) is 5.66. The molecule has 0 N–H and O–H groups in total. The van der Waals surface area contributed by atoms with Gasteiger partial charge in [-0.2, -0.15) is 0 Å². The third-order valence-corrected chi connectivity index (χ3v) is 5.64. The van der Waals surface area contributed by atoms with Crippen LogP contribution in [0, 0.1) is 0 Å². The third kappa shape index (κ3) is 3.83. The molecule has 0 spiro atoms. The highest BCUT2D eigenvalue weighted by Crippen LogP contribution is 2.32. The lowest BCUT2D eigenvalue weighted by Gasteiger charge is -2.30. The summed E-state index contributed by atoms with van der Waals surface area (Å²) in [6.07, 6.45) is 1.59. The molecule has 1 aliphatic rings. The van der Waals surface area contributed by atoms with Crippen LogP contribution in [0.5, 0.6) is 0 Å². The molecule has 2 aromatic rings. The average molecular weight is 376 g/mol. The Hall–Kier alpha value is -1.98. The molecular weight excluding hydrogens is 358 g/mol. The lowest BCUT2D eigenvalue weighted by molar-refractivity contribution is -0.116. The summed E-state index contributed by atoms with van der Waals surface area (Å²) < 4.78 is 4.86. The number of carbonyl (C=O) groups excluding carboxylic acids is 2. The van der Waals surface area contributed by atoms with E-state index in [2.05, 4.69) is 0 Å². The molecular formula is C19H18ClNO3S. The van der Waals surface area contributed by atoms with Crippen molar-refractivity contribution in [3.05, 3.63) is 58.6 Å². The minimum absolute atomic E-state index is 0.00730. The van der Waals surface area contributed by atoms with Gasteiger partial charge < -0.3 is 9.64 Å². The molecule has 1 aliphatic heterocycles. The minimum atomic E-state index is -0.364. The van der Waals surface area contributed by atoms with Crippen LogP contribution in [0.1, 0.15) is 22.3 Å². The molecule has 0 unspecified atom stereocenters. The fourth-order valence-corrected chi connectivity index (χ4v) is 4.08. The number of carbonyl (C=O) groups is 2. The van der Waals surface area contributed by atoms with Crippen LogP contribution in [0.4, 0.5) is 5.69 Å². The van der Waals surface area contributed by atoms with Crippen LogP contribution >= 0.6 is 23.4 Å². The van der Waals surface area contributed by atoms with Crippen LogP contribution in [0.3, 0.4) is 0 Å². The third-order valence-electron chi connectivity index (χ3n) is 4.14. The number of benzene rings is 2. The standard InChI is InChI=1S/C19H18ClNO3S/c1-24-19(23)14-6-4-9-16-13(14)7-5-11-21(16)18(22)12-25-17-10-3-2-8-15(17)20/h2-4,6,8-10H,5,7,11-12H2,1H3. The number of ether oxygens (including phenoxy) is 1. The minimum Gasteiger partial charge on any atom is -0.465 e. The molecule has 0 bridgehead atoms. The van der Waals surface area contributed by atoms with Crippen molar-refractivity contribution in [1.29, 1.82) is 0 Å². The molecule has 0 atom stereocenters. The van der Waals surface area contributed by atoms with Gasteiger partial charge in [0.2, 0.25) is 5.91 Å². The van der Waals surface area contributed by atoms with Gasteiger partial charge in [0.15, 0.2) is 0 Å². The summed E-state index contributed by atoms with van der Waals surface area (Å²) >= 11 is 7.57. The molecule has 0 saturated heterocycles. The maximum atomic E-state index is 12.7. The quantitative estimate of drug-likeness (QED) is 0.593. The monoisotopic (exact) mass is 375 g/mol. The number of halogens is 1. The molecule has 130 valence electrons. The fraction of sp³-hybridized carbons (Fsp3) is 0.263. The Morgan fingerprint density at radius 2 is 2.00 bits per heavy atom. The predicted molar refractivity (Wildman–Crippen MR) is 101 cm³/mol. The van der Waals surface area contributed by atoms with Crippen LogP contribution in [0.2, 0.25) is 5.02 Å². The van der Waals surface area contributed by atoms with Crippen molar-refractivity contribution in [2.24, 2.45) is 0 Å². The van der Waals surface area contributed by atoms with E-state index in [0.717, 1.165) is 29.0 Å². The number of methoxy groups -OCH3 is 1. The van der Waals surface area contributed by atoms with Gasteiger partial charge in [0.25, 0.3) is 0 Å². The highest BCUT2D eigenvalue weighted by atomic mass is 35.5. The van der Waals surface area contributed by atoms with E-state index in [-0.39, 0.29) is 11.9 Å². The van der Waals surface area contributed by atoms with Crippen molar-refractivity contribution in [2.45, 2.75) is 17.7 Å². The smallest absolute Gasteiger partial charge is 0.338 e. The lowest BCUT2D eigenvalue weighted by atomic mass is 9.96. The molecule has 0 radical (unpaired) electrons. The molecule has 4 nitrogen and oxygen atoms in total. The van der Waals surface area contributed by atoms with Gasteiger partial charge in [0, 0.05) is 17.1 Å². The van der Waals surface area contributed by atoms with E-state index in [1.165, 1.54) is 18.9 Å². The Morgan fingerprint density at radius 3 is 2.76 bits per heavy atom. The van der Waals surface area contributed by atoms with Crippen LogP contribution in [0.25, 0.3) is 0 Å². The molecule has 3 rings (SSSR count). The van der Waals surface area contributed by atoms with E-state index >= 15 is 0 Å². The summed E-state index contributed by atoms with van der Waals surface area (Å²) in [4.78, 5) is 27.4. The second-order valence-corrected chi connectivity index (χ2v) is 7.09. The van der Waals surface area contributed by atoms with Crippen LogP contribution < -0.4 is 4.90 Å². The second kappa shape index (κ2) is 7.93. The molecule has 2 aromatic carbocycles. The van der Waals surface area contributed by atoms with Crippen molar-refractivity contribution in [3.8, 4) is 0 Å². The largest absolute Gasteiger partial charge is 0.465 e. The number of hydrogen-bond acceptors (Lipinski definition) is 4. The molecule has 0 aromatic heterocycles. The molecule has 0 saturated carbocycles. The molecule has 6 heteroatoms. The number of esters is 1. The van der Waals surface area contributed by atoms with Crippen molar-refractivity contribution in [1.82, 2.24) is 0 Å². The molecule has 0 fully saturated rings. The van der Waals surface area contributed by atoms with Gasteiger partial charge in [-0.05, 0) is 42.7 Å². The zero-order chi connectivity index (χ0) is 17.8. The lowest BCUT2D eigenvalue weighted by Crippen LogP contribution is -2.37. The first kappa shape index (κ1) is 17.8. The maximum absolute atomic E-state index is 12.7. The van der Waals surface area contributed by atoms with E-state index in [9.17, 15) is 9.59 Å². The van der Waals surface area contributed by atoms with Gasteiger partial charge in [-0.15, -0.1) is 11.8 Å². The van der Waals surface area contributed by atoms with Gasteiger partial charge in [-0.25, -0.2) is 4.79 Å². The average Bonchev–Trinajstić information content (AvgIpc) is 2.65. The van der Waals surface area contributed by atoms with Gasteiger partial charge in [0.05, 0.1) is 23.4 Å². The topological polar surface area (TPSA) is 46.6 Å². The highest BCUT2D eigenvalue weighted by molar-refractivity contribution is 8.00. The first-order valence-electron chi connectivity index (χ1n) is 7.99. The summed E-state index contributed by atoms with van der Waals surface area (Å²) in [5.74, 6) is -0.0597. The predicted octanol–water partition coefficient (Wildman–Crippen LogP) is 4.20. The first-order chi connectivity index (χ1) is 12.1. The van der Waals surface area contributed by atoms with E-state index in [1.807, 2.05) is 30.3 Å². The van der Waals surface area contributed by atoms with Crippen LogP contribution in [-0.4, -0.2) is 31.3 Å². The van der Waals surface area contributed by atoms with E-state index in [4.69, 9.17) is 16.3 Å². The normalized spacial score (nSPS) is 13.3. The Labute approximate surface area is 156 Å². The molecule has 1 amide bonds. The van der Waals surface area contributed by atoms with Crippen molar-refractivity contribution >= 4 is 40.9 Å². The Kier molecular flexibility index (Phi) is 5.66. The number of amides is 1. The van der Waals surface area contributed by atoms with Crippen LogP contribution in [0.15, 0.2) is 47.4 Å². The van der Waals surface area contributed by atoms with E-state index < -0.39 is 0 Å². The number of thioether (sulfide) groups is 1. The van der Waals surface area contributed by atoms with Gasteiger partial charge in [0.1, 0.15) is 0 Å². The van der Waals surface area contributed by atoms with Gasteiger partial charge >= 0.3 is 5.97 Å².